The lowest BCUT2D eigenvalue weighted by Gasteiger charge is -2.25. The first-order chi connectivity index (χ1) is 17.0. The summed E-state index contributed by atoms with van der Waals surface area (Å²) in [5, 5.41) is 26.4. The van der Waals surface area contributed by atoms with Crippen molar-refractivity contribution in [3.05, 3.63) is 48.0 Å². The molecule has 13 heteroatoms. The van der Waals surface area contributed by atoms with Crippen molar-refractivity contribution in [1.29, 1.82) is 0 Å². The Balaban J connectivity index is 2.27. The van der Waals surface area contributed by atoms with Gasteiger partial charge in [-0.3, -0.25) is 14.4 Å². The van der Waals surface area contributed by atoms with E-state index in [1.165, 1.54) is 24.7 Å². The first-order valence-corrected chi connectivity index (χ1v) is 11.9. The van der Waals surface area contributed by atoms with Crippen LogP contribution >= 0.6 is 12.6 Å². The fourth-order valence-corrected chi connectivity index (χ4v) is 3.45. The molecule has 4 atom stereocenters. The van der Waals surface area contributed by atoms with Gasteiger partial charge in [0, 0.05) is 30.5 Å². The van der Waals surface area contributed by atoms with E-state index < -0.39 is 47.9 Å². The van der Waals surface area contributed by atoms with Crippen molar-refractivity contribution in [3.63, 3.8) is 0 Å². The molecule has 0 aliphatic carbocycles. The summed E-state index contributed by atoms with van der Waals surface area (Å²) >= 11 is 3.95. The number of carboxylic acids is 1. The summed E-state index contributed by atoms with van der Waals surface area (Å²) in [6.45, 7) is 3.54. The summed E-state index contributed by atoms with van der Waals surface area (Å²) in [5.41, 5.74) is 7.11. The number of nitrogens with one attached hydrogen (secondary N) is 4. The van der Waals surface area contributed by atoms with Gasteiger partial charge in [0.1, 0.15) is 23.9 Å². The molecule has 0 aliphatic heterocycles. The molecule has 0 radical (unpaired) electrons. The Morgan fingerprint density at radius 2 is 1.53 bits per heavy atom. The number of rotatable bonds is 13. The Bertz CT molecular complexity index is 1030. The van der Waals surface area contributed by atoms with Gasteiger partial charge in [-0.05, 0) is 23.6 Å². The van der Waals surface area contributed by atoms with Gasteiger partial charge in [-0.25, -0.2) is 9.78 Å². The van der Waals surface area contributed by atoms with Crippen molar-refractivity contribution in [2.45, 2.75) is 50.9 Å². The van der Waals surface area contributed by atoms with Crippen LogP contribution in [0, 0.1) is 5.92 Å². The number of aromatic nitrogens is 2. The average molecular weight is 521 g/mol. The zero-order chi connectivity index (χ0) is 26.8. The second-order valence-electron chi connectivity index (χ2n) is 8.63. The van der Waals surface area contributed by atoms with Gasteiger partial charge in [0.15, 0.2) is 0 Å². The van der Waals surface area contributed by atoms with Gasteiger partial charge < -0.3 is 36.9 Å². The number of thiol groups is 1. The third-order valence-corrected chi connectivity index (χ3v) is 5.80. The molecule has 36 heavy (non-hydrogen) atoms. The topological polar surface area (TPSA) is 200 Å². The van der Waals surface area contributed by atoms with Crippen LogP contribution in [0.2, 0.25) is 0 Å². The third-order valence-electron chi connectivity index (χ3n) is 5.44. The van der Waals surface area contributed by atoms with Crippen LogP contribution in [0.1, 0.15) is 25.1 Å². The summed E-state index contributed by atoms with van der Waals surface area (Å²) in [4.78, 5) is 57.0. The number of aromatic amines is 1. The molecule has 1 aromatic carbocycles. The summed E-state index contributed by atoms with van der Waals surface area (Å²) in [7, 11) is 0. The molecule has 0 saturated carbocycles. The summed E-state index contributed by atoms with van der Waals surface area (Å²) < 4.78 is 0. The number of carbonyl (C=O) groups excluding carboxylic acids is 3. The van der Waals surface area contributed by atoms with Crippen LogP contribution < -0.4 is 21.7 Å². The Hall–Kier alpha value is -3.58. The highest BCUT2D eigenvalue weighted by atomic mass is 32.1. The van der Waals surface area contributed by atoms with E-state index in [-0.39, 0.29) is 30.3 Å². The van der Waals surface area contributed by atoms with Crippen molar-refractivity contribution >= 4 is 36.3 Å². The highest BCUT2D eigenvalue weighted by molar-refractivity contribution is 7.80. The van der Waals surface area contributed by atoms with Gasteiger partial charge in [-0.15, -0.1) is 0 Å². The zero-order valence-electron chi connectivity index (χ0n) is 20.0. The van der Waals surface area contributed by atoms with Crippen LogP contribution in [0.5, 0.6) is 5.75 Å². The molecule has 2 rings (SSSR count). The lowest BCUT2D eigenvalue weighted by atomic mass is 10.0. The predicted molar refractivity (Wildman–Crippen MR) is 134 cm³/mol. The number of imidazole rings is 1. The number of carbonyl (C=O) groups is 4. The molecule has 4 unspecified atom stereocenters. The standard InChI is InChI=1S/C23H32N6O6S/c1-12(2)19(24)22(33)28-16(7-13-3-5-15(30)6-4-13)20(31)27-17(8-14-9-25-11-26-14)21(32)29-18(10-36)23(34)35/h3-6,9,11-12,16-19,30,36H,7-8,10,24H2,1-2H3,(H,25,26)(H,27,31)(H,28,33)(H,29,32)(H,34,35). The normalized spacial score (nSPS) is 14.4. The number of nitrogens with two attached hydrogens (primary N) is 1. The number of phenols is 1. The maximum absolute atomic E-state index is 13.3. The molecular formula is C23H32N6O6S. The number of amides is 3. The van der Waals surface area contributed by atoms with Crippen molar-refractivity contribution in [2.24, 2.45) is 11.7 Å². The molecular weight excluding hydrogens is 488 g/mol. The van der Waals surface area contributed by atoms with E-state index in [0.29, 0.717) is 11.3 Å². The maximum Gasteiger partial charge on any atom is 0.327 e. The zero-order valence-corrected chi connectivity index (χ0v) is 20.9. The number of hydrogen-bond donors (Lipinski definition) is 8. The van der Waals surface area contributed by atoms with Crippen LogP contribution in [-0.4, -0.2) is 73.8 Å². The molecule has 12 nitrogen and oxygen atoms in total. The molecule has 0 spiro atoms. The average Bonchev–Trinajstić information content (AvgIpc) is 3.35. The Labute approximate surface area is 213 Å². The minimum Gasteiger partial charge on any atom is -0.508 e. The number of hydrogen-bond acceptors (Lipinski definition) is 8. The Morgan fingerprint density at radius 1 is 0.972 bits per heavy atom. The molecule has 0 bridgehead atoms. The Kier molecular flexibility index (Phi) is 10.7. The predicted octanol–water partition coefficient (Wildman–Crippen LogP) is -0.647. The van der Waals surface area contributed by atoms with E-state index in [4.69, 9.17) is 5.73 Å². The molecule has 1 heterocycles. The molecule has 0 aliphatic rings. The van der Waals surface area contributed by atoms with Crippen LogP contribution in [0.4, 0.5) is 0 Å². The first kappa shape index (κ1) is 28.7. The molecule has 8 N–H and O–H groups in total. The lowest BCUT2D eigenvalue weighted by molar-refractivity contribution is -0.141. The van der Waals surface area contributed by atoms with E-state index in [0.717, 1.165) is 0 Å². The molecule has 0 saturated heterocycles. The van der Waals surface area contributed by atoms with Crippen LogP contribution in [0.3, 0.4) is 0 Å². The SMILES string of the molecule is CC(C)C(N)C(=O)NC(Cc1ccc(O)cc1)C(=O)NC(Cc1cnc[nH]1)C(=O)NC(CS)C(=O)O. The summed E-state index contributed by atoms with van der Waals surface area (Å²) in [6, 6.07) is 1.68. The molecule has 2 aromatic rings. The summed E-state index contributed by atoms with van der Waals surface area (Å²) in [5.74, 6) is -3.53. The molecule has 0 fully saturated rings. The second kappa shape index (κ2) is 13.5. The lowest BCUT2D eigenvalue weighted by Crippen LogP contribution is -2.58. The van der Waals surface area contributed by atoms with Crippen molar-refractivity contribution in [1.82, 2.24) is 25.9 Å². The van der Waals surface area contributed by atoms with Gasteiger partial charge in [0.25, 0.3) is 0 Å². The molecule has 196 valence electrons. The number of phenolic OH excluding ortho intramolecular Hbond substituents is 1. The molecule has 3 amide bonds. The number of H-pyrrole nitrogens is 1. The van der Waals surface area contributed by atoms with Gasteiger partial charge in [-0.1, -0.05) is 26.0 Å². The van der Waals surface area contributed by atoms with Crippen LogP contribution in [0.25, 0.3) is 0 Å². The van der Waals surface area contributed by atoms with E-state index in [2.05, 4.69) is 38.5 Å². The van der Waals surface area contributed by atoms with E-state index >= 15 is 0 Å². The minimum atomic E-state index is -1.27. The maximum atomic E-state index is 13.3. The van der Waals surface area contributed by atoms with Gasteiger partial charge in [-0.2, -0.15) is 12.6 Å². The van der Waals surface area contributed by atoms with Crippen LogP contribution in [0.15, 0.2) is 36.8 Å². The van der Waals surface area contributed by atoms with E-state index in [9.17, 15) is 29.4 Å². The van der Waals surface area contributed by atoms with Gasteiger partial charge in [0.05, 0.1) is 12.4 Å². The quantitative estimate of drug-likeness (QED) is 0.159. The van der Waals surface area contributed by atoms with Crippen molar-refractivity contribution in [3.8, 4) is 5.75 Å². The van der Waals surface area contributed by atoms with E-state index in [1.807, 2.05) is 0 Å². The van der Waals surface area contributed by atoms with Crippen LogP contribution in [-0.2, 0) is 32.0 Å². The number of aliphatic carboxylic acids is 1. The second-order valence-corrected chi connectivity index (χ2v) is 8.99. The highest BCUT2D eigenvalue weighted by Gasteiger charge is 2.31. The fraction of sp³-hybridized carbons (Fsp3) is 0.435. The number of nitrogens with zero attached hydrogens (tertiary/aromatic N) is 1. The van der Waals surface area contributed by atoms with Crippen molar-refractivity contribution in [2.75, 3.05) is 5.75 Å². The Morgan fingerprint density at radius 3 is 2.03 bits per heavy atom. The smallest absolute Gasteiger partial charge is 0.327 e. The minimum absolute atomic E-state index is 0.0120. The number of carboxylic acid groups (broad SMARTS) is 1. The number of aromatic hydroxyl groups is 1. The van der Waals surface area contributed by atoms with Crippen molar-refractivity contribution < 1.29 is 29.4 Å². The number of benzene rings is 1. The highest BCUT2D eigenvalue weighted by Crippen LogP contribution is 2.12. The van der Waals surface area contributed by atoms with Gasteiger partial charge >= 0.3 is 5.97 Å². The first-order valence-electron chi connectivity index (χ1n) is 11.3. The molecule has 1 aromatic heterocycles. The van der Waals surface area contributed by atoms with E-state index in [1.54, 1.807) is 26.0 Å². The largest absolute Gasteiger partial charge is 0.508 e. The summed E-state index contributed by atoms with van der Waals surface area (Å²) in [6.07, 6.45) is 2.91. The third kappa shape index (κ3) is 8.57. The monoisotopic (exact) mass is 520 g/mol. The fourth-order valence-electron chi connectivity index (χ4n) is 3.20. The van der Waals surface area contributed by atoms with Gasteiger partial charge in [0.2, 0.25) is 17.7 Å².